The van der Waals surface area contributed by atoms with Gasteiger partial charge in [-0.05, 0) is 113 Å². The van der Waals surface area contributed by atoms with Crippen LogP contribution in [-0.2, 0) is 9.59 Å². The first kappa shape index (κ1) is 26.8. The van der Waals surface area contributed by atoms with Crippen LogP contribution in [0, 0.1) is 13.8 Å². The Hall–Kier alpha value is -3.27. The van der Waals surface area contributed by atoms with Crippen molar-refractivity contribution in [2.24, 2.45) is 0 Å². The number of halogens is 2. The summed E-state index contributed by atoms with van der Waals surface area (Å²) in [5.41, 5.74) is 3.91. The molecule has 1 N–H and O–H groups in total. The lowest BCUT2D eigenvalue weighted by Gasteiger charge is -2.13. The van der Waals surface area contributed by atoms with Crippen LogP contribution in [0.4, 0.5) is 16.2 Å². The predicted octanol–water partition coefficient (Wildman–Crippen LogP) is 6.99. The molecule has 1 aliphatic rings. The second kappa shape index (κ2) is 11.4. The van der Waals surface area contributed by atoms with E-state index < -0.39 is 11.1 Å². The molecule has 0 radical (unpaired) electrons. The summed E-state index contributed by atoms with van der Waals surface area (Å²) in [5.74, 6) is -0.00851. The lowest BCUT2D eigenvalue weighted by Crippen LogP contribution is -2.27. The molecule has 3 aromatic carbocycles. The van der Waals surface area contributed by atoms with Gasteiger partial charge in [0, 0.05) is 9.50 Å². The number of methoxy groups -OCH3 is 1. The summed E-state index contributed by atoms with van der Waals surface area (Å²) < 4.78 is 11.9. The molecule has 0 aromatic heterocycles. The van der Waals surface area contributed by atoms with Crippen LogP contribution < -0.4 is 19.7 Å². The summed E-state index contributed by atoms with van der Waals surface area (Å²) in [6.45, 7) is 3.74. The van der Waals surface area contributed by atoms with Crippen LogP contribution >= 0.6 is 39.3 Å². The first-order valence-corrected chi connectivity index (χ1v) is 13.1. The summed E-state index contributed by atoms with van der Waals surface area (Å²) >= 11 is 10.2. The van der Waals surface area contributed by atoms with Crippen molar-refractivity contribution in [1.29, 1.82) is 0 Å². The van der Waals surface area contributed by atoms with Crippen molar-refractivity contribution in [3.05, 3.63) is 85.7 Å². The fourth-order valence-corrected chi connectivity index (χ4v) is 5.06. The van der Waals surface area contributed by atoms with Gasteiger partial charge in [0.1, 0.15) is 0 Å². The van der Waals surface area contributed by atoms with Crippen LogP contribution in [0.2, 0.25) is 5.02 Å². The third-order valence-corrected chi connectivity index (χ3v) is 7.36. The highest BCUT2D eigenvalue weighted by molar-refractivity contribution is 9.10. The van der Waals surface area contributed by atoms with Crippen molar-refractivity contribution in [3.8, 4) is 11.5 Å². The van der Waals surface area contributed by atoms with Crippen LogP contribution in [0.25, 0.3) is 6.08 Å². The zero-order valence-corrected chi connectivity index (χ0v) is 23.3. The molecule has 1 fully saturated rings. The summed E-state index contributed by atoms with van der Waals surface area (Å²) in [7, 11) is 1.48. The van der Waals surface area contributed by atoms with Gasteiger partial charge in [0.15, 0.2) is 18.1 Å². The number of thioether (sulfide) groups is 1. The SMILES string of the molecule is COc1cc(/C=C2\SC(=O)N(c3ccc(Cl)cc3)C2=O)ccc1OCC(=O)Nc1cc(C)c(C)cc1Br. The number of anilines is 2. The topological polar surface area (TPSA) is 84.9 Å². The van der Waals surface area contributed by atoms with Crippen molar-refractivity contribution in [2.75, 3.05) is 23.9 Å². The number of carbonyl (C=O) groups is 3. The van der Waals surface area contributed by atoms with Crippen molar-refractivity contribution in [2.45, 2.75) is 13.8 Å². The normalized spacial score (nSPS) is 14.3. The summed E-state index contributed by atoms with van der Waals surface area (Å²) in [5, 5.41) is 2.94. The number of aryl methyl sites for hydroxylation is 2. The van der Waals surface area contributed by atoms with Gasteiger partial charge >= 0.3 is 0 Å². The zero-order valence-electron chi connectivity index (χ0n) is 20.1. The molecule has 0 aliphatic carbocycles. The molecule has 3 amide bonds. The highest BCUT2D eigenvalue weighted by Crippen LogP contribution is 2.37. The molecular weight excluding hydrogens is 580 g/mol. The van der Waals surface area contributed by atoms with Crippen LogP contribution in [0.3, 0.4) is 0 Å². The number of hydrogen-bond acceptors (Lipinski definition) is 6. The largest absolute Gasteiger partial charge is 0.493 e. The van der Waals surface area contributed by atoms with E-state index in [4.69, 9.17) is 21.1 Å². The zero-order chi connectivity index (χ0) is 26.7. The molecule has 1 aliphatic heterocycles. The van der Waals surface area contributed by atoms with Crippen LogP contribution in [0.1, 0.15) is 16.7 Å². The monoisotopic (exact) mass is 600 g/mol. The number of nitrogens with zero attached hydrogens (tertiary/aromatic N) is 1. The second-order valence-corrected chi connectivity index (χ2v) is 10.4. The number of hydrogen-bond donors (Lipinski definition) is 1. The van der Waals surface area contributed by atoms with Crippen molar-refractivity contribution in [1.82, 2.24) is 0 Å². The standard InChI is InChI=1S/C27H22BrClN2O5S/c1-15-10-20(28)21(11-16(15)2)30-25(32)14-36-22-9-4-17(12-23(22)35-3)13-24-26(33)31(27(34)37-24)19-7-5-18(29)6-8-19/h4-13H,14H2,1-3H3,(H,30,32)/b24-13-. The third kappa shape index (κ3) is 6.18. The molecule has 190 valence electrons. The van der Waals surface area contributed by atoms with E-state index in [0.717, 1.165) is 32.3 Å². The first-order chi connectivity index (χ1) is 17.7. The fourth-order valence-electron chi connectivity index (χ4n) is 3.53. The molecule has 0 atom stereocenters. The number of amides is 3. The van der Waals surface area contributed by atoms with Gasteiger partial charge in [-0.3, -0.25) is 14.4 Å². The van der Waals surface area contributed by atoms with Crippen molar-refractivity contribution in [3.63, 3.8) is 0 Å². The fraction of sp³-hybridized carbons (Fsp3) is 0.148. The van der Waals surface area contributed by atoms with Crippen LogP contribution in [-0.4, -0.2) is 30.8 Å². The van der Waals surface area contributed by atoms with Gasteiger partial charge in [0.2, 0.25) is 0 Å². The number of carbonyl (C=O) groups excluding carboxylic acids is 3. The van der Waals surface area contributed by atoms with E-state index in [2.05, 4.69) is 21.2 Å². The van der Waals surface area contributed by atoms with Gasteiger partial charge < -0.3 is 14.8 Å². The maximum atomic E-state index is 12.9. The minimum Gasteiger partial charge on any atom is -0.493 e. The van der Waals surface area contributed by atoms with Gasteiger partial charge in [0.05, 0.1) is 23.4 Å². The minimum atomic E-state index is -0.425. The van der Waals surface area contributed by atoms with E-state index in [1.165, 1.54) is 7.11 Å². The van der Waals surface area contributed by atoms with Crippen molar-refractivity contribution < 1.29 is 23.9 Å². The molecule has 7 nitrogen and oxygen atoms in total. The summed E-state index contributed by atoms with van der Waals surface area (Å²) in [4.78, 5) is 39.2. The number of imide groups is 1. The molecule has 10 heteroatoms. The maximum absolute atomic E-state index is 12.9. The Bertz CT molecular complexity index is 1430. The van der Waals surface area contributed by atoms with E-state index >= 15 is 0 Å². The van der Waals surface area contributed by atoms with Gasteiger partial charge in [-0.15, -0.1) is 0 Å². The Kier molecular flexibility index (Phi) is 8.26. The van der Waals surface area contributed by atoms with E-state index in [0.29, 0.717) is 33.5 Å². The average Bonchev–Trinajstić information content (AvgIpc) is 3.14. The average molecular weight is 602 g/mol. The van der Waals surface area contributed by atoms with Crippen LogP contribution in [0.5, 0.6) is 11.5 Å². The number of nitrogens with one attached hydrogen (secondary N) is 1. The number of rotatable bonds is 7. The Morgan fingerprint density at radius 3 is 2.46 bits per heavy atom. The van der Waals surface area contributed by atoms with E-state index in [-0.39, 0.29) is 17.4 Å². The third-order valence-electron chi connectivity index (χ3n) is 5.58. The quantitative estimate of drug-likeness (QED) is 0.294. The predicted molar refractivity (Wildman–Crippen MR) is 151 cm³/mol. The summed E-state index contributed by atoms with van der Waals surface area (Å²) in [6, 6.07) is 15.3. The van der Waals surface area contributed by atoms with E-state index in [9.17, 15) is 14.4 Å². The van der Waals surface area contributed by atoms with Gasteiger partial charge in [-0.1, -0.05) is 17.7 Å². The molecule has 0 unspecified atom stereocenters. The Morgan fingerprint density at radius 2 is 1.76 bits per heavy atom. The Morgan fingerprint density at radius 1 is 1.05 bits per heavy atom. The van der Waals surface area contributed by atoms with Crippen molar-refractivity contribution >= 4 is 73.8 Å². The molecule has 0 saturated carbocycles. The highest BCUT2D eigenvalue weighted by atomic mass is 79.9. The maximum Gasteiger partial charge on any atom is 0.298 e. The minimum absolute atomic E-state index is 0.227. The lowest BCUT2D eigenvalue weighted by atomic mass is 10.1. The smallest absolute Gasteiger partial charge is 0.298 e. The van der Waals surface area contributed by atoms with Crippen LogP contribution in [0.15, 0.2) is 64.0 Å². The Balaban J connectivity index is 1.45. The lowest BCUT2D eigenvalue weighted by molar-refractivity contribution is -0.118. The van der Waals surface area contributed by atoms with Gasteiger partial charge in [-0.25, -0.2) is 4.90 Å². The molecule has 1 saturated heterocycles. The Labute approximate surface area is 231 Å². The van der Waals surface area contributed by atoms with Gasteiger partial charge in [0.25, 0.3) is 17.1 Å². The first-order valence-electron chi connectivity index (χ1n) is 11.1. The molecule has 4 rings (SSSR count). The molecule has 37 heavy (non-hydrogen) atoms. The summed E-state index contributed by atoms with van der Waals surface area (Å²) in [6.07, 6.45) is 1.61. The number of ether oxygens (including phenoxy) is 2. The molecule has 1 heterocycles. The highest BCUT2D eigenvalue weighted by Gasteiger charge is 2.36. The molecule has 3 aromatic rings. The molecule has 0 spiro atoms. The number of benzene rings is 3. The van der Waals surface area contributed by atoms with E-state index in [1.807, 2.05) is 26.0 Å². The molecular formula is C27H22BrClN2O5S. The van der Waals surface area contributed by atoms with E-state index in [1.54, 1.807) is 48.5 Å². The second-order valence-electron chi connectivity index (χ2n) is 8.16. The molecule has 0 bridgehead atoms. The van der Waals surface area contributed by atoms with Gasteiger partial charge in [-0.2, -0.15) is 0 Å².